The van der Waals surface area contributed by atoms with Crippen LogP contribution in [0.1, 0.15) is 28.0 Å². The Hall–Kier alpha value is -1.43. The second-order valence-electron chi connectivity index (χ2n) is 4.22. The van der Waals surface area contributed by atoms with Crippen molar-refractivity contribution in [2.24, 2.45) is 5.73 Å². The number of nitrogens with two attached hydrogens (primary N) is 1. The first kappa shape index (κ1) is 16.6. The number of carbonyl (C=O) groups is 1. The highest BCUT2D eigenvalue weighted by Crippen LogP contribution is 2.19. The van der Waals surface area contributed by atoms with E-state index in [4.69, 9.17) is 5.73 Å². The van der Waals surface area contributed by atoms with Gasteiger partial charge in [0.2, 0.25) is 0 Å². The number of hydrogen-bond acceptors (Lipinski definition) is 4. The van der Waals surface area contributed by atoms with Gasteiger partial charge in [-0.15, -0.1) is 23.7 Å². The first-order chi connectivity index (χ1) is 9.15. The number of rotatable bonds is 4. The second kappa shape index (κ2) is 7.38. The summed E-state index contributed by atoms with van der Waals surface area (Å²) < 4.78 is 0. The van der Waals surface area contributed by atoms with Crippen molar-refractivity contribution in [1.82, 2.24) is 4.98 Å². The molecule has 108 valence electrons. The minimum Gasteiger partial charge on any atom is -0.325 e. The molecule has 2 aromatic rings. The molecule has 1 aromatic heterocycles. The molecule has 2 rings (SSSR count). The molecule has 0 aliphatic carbocycles. The van der Waals surface area contributed by atoms with Gasteiger partial charge in [0.15, 0.2) is 0 Å². The quantitative estimate of drug-likeness (QED) is 0.944. The fraction of sp³-hybridized carbons (Fsp3) is 0.286. The average molecular weight is 312 g/mol. The molecule has 0 bridgehead atoms. The monoisotopic (exact) mass is 311 g/mol. The fourth-order valence-electron chi connectivity index (χ4n) is 1.88. The molecule has 1 aromatic carbocycles. The van der Waals surface area contributed by atoms with Crippen LogP contribution in [0.5, 0.6) is 0 Å². The highest BCUT2D eigenvalue weighted by Gasteiger charge is 2.18. The summed E-state index contributed by atoms with van der Waals surface area (Å²) in [7, 11) is 0. The maximum absolute atomic E-state index is 12.4. The molecule has 0 unspecified atom stereocenters. The molecule has 4 nitrogen and oxygen atoms in total. The van der Waals surface area contributed by atoms with Gasteiger partial charge in [-0.25, -0.2) is 4.98 Å². The van der Waals surface area contributed by atoms with Crippen molar-refractivity contribution in [2.45, 2.75) is 20.4 Å². The van der Waals surface area contributed by atoms with Crippen LogP contribution < -0.4 is 10.6 Å². The predicted octanol–water partition coefficient (Wildman–Crippen LogP) is 3.00. The normalized spacial score (nSPS) is 9.95. The Kier molecular flexibility index (Phi) is 6.13. The number of benzene rings is 1. The lowest BCUT2D eigenvalue weighted by atomic mass is 10.2. The highest BCUT2D eigenvalue weighted by molar-refractivity contribution is 7.09. The fourth-order valence-corrected chi connectivity index (χ4v) is 2.53. The summed E-state index contributed by atoms with van der Waals surface area (Å²) >= 11 is 1.42. The highest BCUT2D eigenvalue weighted by atomic mass is 35.5. The van der Waals surface area contributed by atoms with Crippen LogP contribution in [0.15, 0.2) is 29.6 Å². The smallest absolute Gasteiger partial charge is 0.277 e. The van der Waals surface area contributed by atoms with Gasteiger partial charge in [-0.05, 0) is 31.5 Å². The van der Waals surface area contributed by atoms with Crippen molar-refractivity contribution >= 4 is 35.3 Å². The minimum absolute atomic E-state index is 0. The van der Waals surface area contributed by atoms with E-state index in [1.165, 1.54) is 11.3 Å². The predicted molar refractivity (Wildman–Crippen MR) is 85.8 cm³/mol. The van der Waals surface area contributed by atoms with E-state index < -0.39 is 0 Å². The van der Waals surface area contributed by atoms with E-state index in [1.807, 2.05) is 38.1 Å². The average Bonchev–Trinajstić information content (AvgIpc) is 2.88. The van der Waals surface area contributed by atoms with E-state index in [2.05, 4.69) is 4.98 Å². The number of thiazole rings is 1. The summed E-state index contributed by atoms with van der Waals surface area (Å²) in [6.45, 7) is 4.94. The van der Waals surface area contributed by atoms with Gasteiger partial charge in [0.05, 0.1) is 0 Å². The van der Waals surface area contributed by atoms with Crippen LogP contribution in [-0.2, 0) is 6.54 Å². The van der Waals surface area contributed by atoms with E-state index >= 15 is 0 Å². The Morgan fingerprint density at radius 1 is 1.45 bits per heavy atom. The summed E-state index contributed by atoms with van der Waals surface area (Å²) in [5.74, 6) is -0.0796. The Labute approximate surface area is 129 Å². The van der Waals surface area contributed by atoms with Crippen LogP contribution in [0.3, 0.4) is 0 Å². The van der Waals surface area contributed by atoms with Gasteiger partial charge in [0, 0.05) is 24.2 Å². The zero-order chi connectivity index (χ0) is 13.8. The van der Waals surface area contributed by atoms with Gasteiger partial charge < -0.3 is 10.6 Å². The maximum atomic E-state index is 12.4. The third-order valence-electron chi connectivity index (χ3n) is 2.82. The lowest BCUT2D eigenvalue weighted by molar-refractivity contribution is 0.0984. The number of nitrogens with zero attached hydrogens (tertiary/aromatic N) is 2. The van der Waals surface area contributed by atoms with Crippen LogP contribution in [0.2, 0.25) is 0 Å². The molecule has 0 saturated carbocycles. The Balaban J connectivity index is 0.00000200. The molecule has 20 heavy (non-hydrogen) atoms. The Bertz CT molecular complexity index is 585. The van der Waals surface area contributed by atoms with E-state index in [1.54, 1.807) is 10.3 Å². The van der Waals surface area contributed by atoms with Crippen LogP contribution in [0, 0.1) is 6.92 Å². The van der Waals surface area contributed by atoms with Crippen molar-refractivity contribution in [1.29, 1.82) is 0 Å². The maximum Gasteiger partial charge on any atom is 0.277 e. The largest absolute Gasteiger partial charge is 0.325 e. The number of anilines is 1. The Morgan fingerprint density at radius 3 is 2.75 bits per heavy atom. The number of halogens is 1. The van der Waals surface area contributed by atoms with Crippen molar-refractivity contribution in [2.75, 3.05) is 11.4 Å². The molecule has 0 spiro atoms. The standard InChI is InChI=1S/C14H17N3OS.ClH/c1-3-17(11-6-4-5-10(2)7-11)14(18)12-9-19-13(8-15)16-12;/h4-7,9H,3,8,15H2,1-2H3;1H. The van der Waals surface area contributed by atoms with Crippen molar-refractivity contribution in [3.8, 4) is 0 Å². The third kappa shape index (κ3) is 3.56. The number of carbonyl (C=O) groups excluding carboxylic acids is 1. The molecule has 0 aliphatic heterocycles. The summed E-state index contributed by atoms with van der Waals surface area (Å²) in [5.41, 5.74) is 8.02. The van der Waals surface area contributed by atoms with Gasteiger partial charge in [-0.3, -0.25) is 4.79 Å². The Morgan fingerprint density at radius 2 is 2.20 bits per heavy atom. The first-order valence-electron chi connectivity index (χ1n) is 6.18. The molecule has 0 saturated heterocycles. The molecular formula is C14H18ClN3OS. The van der Waals surface area contributed by atoms with Crippen LogP contribution in [0.25, 0.3) is 0 Å². The molecule has 0 aliphatic rings. The summed E-state index contributed by atoms with van der Waals surface area (Å²) in [5, 5.41) is 2.55. The van der Waals surface area contributed by atoms with Gasteiger partial charge in [-0.1, -0.05) is 12.1 Å². The summed E-state index contributed by atoms with van der Waals surface area (Å²) in [6, 6.07) is 7.90. The van der Waals surface area contributed by atoms with Crippen molar-refractivity contribution < 1.29 is 4.79 Å². The molecule has 1 heterocycles. The van der Waals surface area contributed by atoms with E-state index in [-0.39, 0.29) is 18.3 Å². The second-order valence-corrected chi connectivity index (χ2v) is 5.16. The zero-order valence-electron chi connectivity index (χ0n) is 11.5. The number of aryl methyl sites for hydroxylation is 1. The van der Waals surface area contributed by atoms with E-state index in [9.17, 15) is 4.79 Å². The third-order valence-corrected chi connectivity index (χ3v) is 3.69. The van der Waals surface area contributed by atoms with Crippen molar-refractivity contribution in [3.05, 3.63) is 45.9 Å². The van der Waals surface area contributed by atoms with E-state index in [0.29, 0.717) is 18.8 Å². The molecule has 0 fully saturated rings. The van der Waals surface area contributed by atoms with Gasteiger partial charge >= 0.3 is 0 Å². The lowest BCUT2D eigenvalue weighted by Crippen LogP contribution is -2.31. The molecule has 0 radical (unpaired) electrons. The number of amides is 1. The molecule has 2 N–H and O–H groups in total. The molecular weight excluding hydrogens is 294 g/mol. The number of hydrogen-bond donors (Lipinski definition) is 1. The van der Waals surface area contributed by atoms with Crippen molar-refractivity contribution in [3.63, 3.8) is 0 Å². The lowest BCUT2D eigenvalue weighted by Gasteiger charge is -2.20. The van der Waals surface area contributed by atoms with Crippen LogP contribution in [-0.4, -0.2) is 17.4 Å². The zero-order valence-corrected chi connectivity index (χ0v) is 13.1. The van der Waals surface area contributed by atoms with Crippen LogP contribution >= 0.6 is 23.7 Å². The van der Waals surface area contributed by atoms with Gasteiger partial charge in [-0.2, -0.15) is 0 Å². The molecule has 0 atom stereocenters. The first-order valence-corrected chi connectivity index (χ1v) is 7.06. The SMILES string of the molecule is CCN(C(=O)c1csc(CN)n1)c1cccc(C)c1.Cl. The molecule has 6 heteroatoms. The van der Waals surface area contributed by atoms with Gasteiger partial charge in [0.1, 0.15) is 10.7 Å². The topological polar surface area (TPSA) is 59.2 Å². The molecule has 1 amide bonds. The van der Waals surface area contributed by atoms with E-state index in [0.717, 1.165) is 16.3 Å². The van der Waals surface area contributed by atoms with Crippen LogP contribution in [0.4, 0.5) is 5.69 Å². The summed E-state index contributed by atoms with van der Waals surface area (Å²) in [4.78, 5) is 18.4. The number of aromatic nitrogens is 1. The summed E-state index contributed by atoms with van der Waals surface area (Å²) in [6.07, 6.45) is 0. The van der Waals surface area contributed by atoms with Gasteiger partial charge in [0.25, 0.3) is 5.91 Å². The minimum atomic E-state index is -0.0796.